The van der Waals surface area contributed by atoms with E-state index in [0.29, 0.717) is 0 Å². The minimum Gasteiger partial charge on any atom is -0.481 e. The van der Waals surface area contributed by atoms with Crippen molar-refractivity contribution in [1.29, 1.82) is 0 Å². The van der Waals surface area contributed by atoms with Crippen molar-refractivity contribution >= 4 is 44.3 Å². The molecule has 0 radical (unpaired) electrons. The summed E-state index contributed by atoms with van der Waals surface area (Å²) in [4.78, 5) is 39.0. The summed E-state index contributed by atoms with van der Waals surface area (Å²) in [5.74, 6) is -5.02. The van der Waals surface area contributed by atoms with Crippen molar-refractivity contribution in [1.82, 2.24) is 0 Å². The second-order valence-corrected chi connectivity index (χ2v) is 5.77. The molecule has 2 atom stereocenters. The fourth-order valence-corrected chi connectivity index (χ4v) is 0.714. The third-order valence-corrected chi connectivity index (χ3v) is 2.38. The van der Waals surface area contributed by atoms with Crippen LogP contribution in [0.5, 0.6) is 0 Å². The maximum Gasteiger partial charge on any atom is 0.503 e. The van der Waals surface area contributed by atoms with E-state index in [1.165, 1.54) is 0 Å². The summed E-state index contributed by atoms with van der Waals surface area (Å²) in [7, 11) is -5.18. The van der Waals surface area contributed by atoms with Gasteiger partial charge in [0.05, 0.1) is 12.8 Å². The van der Waals surface area contributed by atoms with Crippen molar-refractivity contribution < 1.29 is 67.3 Å². The van der Waals surface area contributed by atoms with Crippen LogP contribution in [0.4, 0.5) is 4.79 Å². The second kappa shape index (κ2) is 12.4. The Morgan fingerprint density at radius 1 is 0.739 bits per heavy atom. The number of hydrogen-bond donors (Lipinski definition) is 8. The normalized spacial score (nSPS) is 12.3. The maximum absolute atomic E-state index is 10.3. The van der Waals surface area contributed by atoms with Crippen molar-refractivity contribution in [2.45, 2.75) is 18.4 Å². The van der Waals surface area contributed by atoms with Crippen LogP contribution in [-0.2, 0) is 34.6 Å². The number of carbonyl (C=O) groups is 4. The number of carboxylic acids is 3. The number of hydrogen-bond acceptors (Lipinski definition) is 7. The molecule has 14 nitrogen and oxygen atoms in total. The molecule has 0 aromatic heterocycles. The summed E-state index contributed by atoms with van der Waals surface area (Å²) >= 11 is 0. The van der Waals surface area contributed by atoms with Gasteiger partial charge in [0, 0.05) is 0 Å². The van der Waals surface area contributed by atoms with Crippen molar-refractivity contribution in [3.63, 3.8) is 0 Å². The van der Waals surface area contributed by atoms with Gasteiger partial charge >= 0.3 is 24.1 Å². The Labute approximate surface area is 131 Å². The Kier molecular flexibility index (Phi) is 13.9. The maximum atomic E-state index is 10.3. The average molecular weight is 384 g/mol. The van der Waals surface area contributed by atoms with Crippen molar-refractivity contribution in [3.05, 3.63) is 0 Å². The lowest BCUT2D eigenvalue weighted by Gasteiger charge is -2.18. The van der Waals surface area contributed by atoms with E-state index >= 15 is 0 Å². The average Bonchev–Trinajstić information content (AvgIpc) is 2.25. The minimum absolute atomic E-state index is 1.14. The first-order valence-electron chi connectivity index (χ1n) is 4.69. The fraction of sp³-hybridized carbons (Fsp3) is 0.429. The van der Waals surface area contributed by atoms with E-state index in [1.807, 2.05) is 0 Å². The molecule has 0 saturated carbocycles. The van der Waals surface area contributed by atoms with Crippen LogP contribution in [0.25, 0.3) is 0 Å². The largest absolute Gasteiger partial charge is 0.503 e. The van der Waals surface area contributed by atoms with E-state index in [-0.39, 0.29) is 0 Å². The van der Waals surface area contributed by atoms with Crippen LogP contribution < -0.4 is 0 Å². The summed E-state index contributed by atoms with van der Waals surface area (Å²) in [6.45, 7) is 0. The highest BCUT2D eigenvalue weighted by Gasteiger charge is 2.40. The van der Waals surface area contributed by atoms with Crippen molar-refractivity contribution in [3.8, 4) is 0 Å². The highest BCUT2D eigenvalue weighted by atomic mass is 33.2. The predicted molar refractivity (Wildman–Crippen MR) is 69.3 cm³/mol. The van der Waals surface area contributed by atoms with Crippen LogP contribution in [0.2, 0.25) is 0 Å². The molecule has 0 rings (SSSR count). The zero-order valence-electron chi connectivity index (χ0n) is 10.8. The fourth-order valence-electron chi connectivity index (χ4n) is 0.714. The molecule has 0 aliphatic carbocycles. The SMILES string of the molecule is O=C(O)CC(O)(CC(=O)O)C(=O)O.O=C(O)O.O=S(O)S(=O)O. The molecule has 0 aliphatic heterocycles. The van der Waals surface area contributed by atoms with Gasteiger partial charge < -0.3 is 30.6 Å². The van der Waals surface area contributed by atoms with E-state index in [0.717, 1.165) is 0 Å². The number of aliphatic hydroxyl groups is 1. The first-order valence-corrected chi connectivity index (χ1v) is 7.42. The molecule has 2 unspecified atom stereocenters. The zero-order chi connectivity index (χ0) is 19.4. The minimum atomic E-state index is -2.74. The molecule has 0 fully saturated rings. The first-order chi connectivity index (χ1) is 10.2. The molecular formula is C7H12O14S2. The van der Waals surface area contributed by atoms with Crippen LogP contribution in [0.3, 0.4) is 0 Å². The van der Waals surface area contributed by atoms with Crippen molar-refractivity contribution in [2.24, 2.45) is 0 Å². The van der Waals surface area contributed by atoms with E-state index < -0.39 is 62.7 Å². The smallest absolute Gasteiger partial charge is 0.481 e. The molecule has 0 spiro atoms. The van der Waals surface area contributed by atoms with E-state index in [1.54, 1.807) is 0 Å². The van der Waals surface area contributed by atoms with Gasteiger partial charge in [0.25, 0.3) is 20.2 Å². The third-order valence-electron chi connectivity index (χ3n) is 1.41. The molecule has 0 amide bonds. The summed E-state index contributed by atoms with van der Waals surface area (Å²) in [6, 6.07) is 0. The van der Waals surface area contributed by atoms with Crippen LogP contribution in [0, 0.1) is 0 Å². The third kappa shape index (κ3) is 19.9. The molecule has 16 heteroatoms. The van der Waals surface area contributed by atoms with Gasteiger partial charge in [0.15, 0.2) is 5.60 Å². The molecule has 0 saturated heterocycles. The molecule has 23 heavy (non-hydrogen) atoms. The van der Waals surface area contributed by atoms with Gasteiger partial charge in [0.1, 0.15) is 0 Å². The summed E-state index contributed by atoms with van der Waals surface area (Å²) in [5, 5.41) is 47.8. The Bertz CT molecular complexity index is 452. The van der Waals surface area contributed by atoms with Gasteiger partial charge in [0.2, 0.25) is 0 Å². The molecule has 0 aliphatic rings. The Hall–Kier alpha value is -2.14. The molecule has 8 N–H and O–H groups in total. The Morgan fingerprint density at radius 3 is 1.04 bits per heavy atom. The molecule has 0 aromatic rings. The molecule has 0 aromatic carbocycles. The van der Waals surface area contributed by atoms with Gasteiger partial charge in [-0.25, -0.2) is 18.0 Å². The number of rotatable bonds is 6. The lowest BCUT2D eigenvalue weighted by atomic mass is 9.96. The quantitative estimate of drug-likeness (QED) is 0.188. The topological polar surface area (TPSA) is 264 Å². The van der Waals surface area contributed by atoms with Gasteiger partial charge in [-0.2, -0.15) is 0 Å². The summed E-state index contributed by atoms with van der Waals surface area (Å²) in [6.07, 6.45) is -4.12. The molecule has 136 valence electrons. The standard InChI is InChI=1S/C6H8O7.CH2O3.H2O4S2/c7-3(8)1-6(13,5(11)12)2-4(9)10;2-1(3)4;1-5(2)6(3)4/h13H,1-2H2,(H,7,8)(H,9,10)(H,11,12);(H2,2,3,4);(H,1,2)(H,3,4). The van der Waals surface area contributed by atoms with Gasteiger partial charge in [-0.05, 0) is 0 Å². The van der Waals surface area contributed by atoms with Crippen LogP contribution >= 0.6 is 0 Å². The van der Waals surface area contributed by atoms with Gasteiger partial charge in [-0.1, -0.05) is 0 Å². The highest BCUT2D eigenvalue weighted by Crippen LogP contribution is 2.15. The van der Waals surface area contributed by atoms with E-state index in [2.05, 4.69) is 0 Å². The van der Waals surface area contributed by atoms with Gasteiger partial charge in [-0.15, -0.1) is 0 Å². The lowest BCUT2D eigenvalue weighted by Crippen LogP contribution is -2.42. The first kappa shape index (κ1) is 25.8. The van der Waals surface area contributed by atoms with Crippen LogP contribution in [-0.4, -0.2) is 77.8 Å². The molecular weight excluding hydrogens is 372 g/mol. The van der Waals surface area contributed by atoms with Crippen LogP contribution in [0.1, 0.15) is 12.8 Å². The van der Waals surface area contributed by atoms with E-state index in [9.17, 15) is 22.8 Å². The number of carboxylic acid groups (broad SMARTS) is 5. The number of aliphatic carboxylic acids is 3. The zero-order valence-corrected chi connectivity index (χ0v) is 12.4. The Morgan fingerprint density at radius 2 is 0.957 bits per heavy atom. The molecule has 0 bridgehead atoms. The monoisotopic (exact) mass is 384 g/mol. The van der Waals surface area contributed by atoms with E-state index in [4.69, 9.17) is 44.5 Å². The predicted octanol–water partition coefficient (Wildman–Crippen LogP) is -1.68. The van der Waals surface area contributed by atoms with Crippen molar-refractivity contribution in [2.75, 3.05) is 0 Å². The van der Waals surface area contributed by atoms with Gasteiger partial charge in [-0.3, -0.25) is 18.7 Å². The molecule has 0 heterocycles. The second-order valence-electron chi connectivity index (χ2n) is 3.19. The Balaban J connectivity index is -0.000000330. The lowest BCUT2D eigenvalue weighted by molar-refractivity contribution is -0.170. The van der Waals surface area contributed by atoms with Crippen LogP contribution in [0.15, 0.2) is 0 Å². The summed E-state index contributed by atoms with van der Waals surface area (Å²) in [5.41, 5.74) is -2.74. The highest BCUT2D eigenvalue weighted by molar-refractivity contribution is 8.56. The summed E-state index contributed by atoms with van der Waals surface area (Å²) < 4.78 is 33.6.